The summed E-state index contributed by atoms with van der Waals surface area (Å²) in [5.74, 6) is 0.813. The molecule has 32 heavy (non-hydrogen) atoms. The van der Waals surface area contributed by atoms with Crippen molar-refractivity contribution in [2.45, 2.75) is 0 Å². The Kier molecular flexibility index (Phi) is 5.58. The van der Waals surface area contributed by atoms with Crippen LogP contribution < -0.4 is 5.32 Å². The molecule has 0 atom stereocenters. The fraction of sp³-hybridized carbons (Fsp3) is 0. The third kappa shape index (κ3) is 4.20. The smallest absolute Gasteiger partial charge is 0.160 e. The van der Waals surface area contributed by atoms with E-state index < -0.39 is 0 Å². The van der Waals surface area contributed by atoms with Gasteiger partial charge in [0.15, 0.2) is 5.82 Å². The maximum atomic E-state index is 5.00. The number of benzene rings is 4. The molecule has 4 heteroatoms. The van der Waals surface area contributed by atoms with Gasteiger partial charge >= 0.3 is 0 Å². The zero-order valence-electron chi connectivity index (χ0n) is 17.5. The van der Waals surface area contributed by atoms with E-state index in [1.165, 1.54) is 0 Å². The lowest BCUT2D eigenvalue weighted by molar-refractivity contribution is 0.892. The molecule has 1 N–H and O–H groups in total. The van der Waals surface area contributed by atoms with Gasteiger partial charge < -0.3 is 5.32 Å². The summed E-state index contributed by atoms with van der Waals surface area (Å²) in [7, 11) is 0. The summed E-state index contributed by atoms with van der Waals surface area (Å²) in [4.78, 5) is 4.92. The maximum Gasteiger partial charge on any atom is 0.160 e. The summed E-state index contributed by atoms with van der Waals surface area (Å²) in [6.07, 6.45) is 1.88. The van der Waals surface area contributed by atoms with Crippen LogP contribution in [-0.4, -0.2) is 16.0 Å². The number of rotatable bonds is 6. The van der Waals surface area contributed by atoms with Crippen LogP contribution in [0.2, 0.25) is 0 Å². The molecule has 0 aliphatic carbocycles. The fourth-order valence-corrected chi connectivity index (χ4v) is 3.53. The van der Waals surface area contributed by atoms with Crippen LogP contribution >= 0.6 is 0 Å². The van der Waals surface area contributed by atoms with Crippen molar-refractivity contribution in [2.24, 2.45) is 4.99 Å². The van der Waals surface area contributed by atoms with E-state index in [0.717, 1.165) is 39.7 Å². The van der Waals surface area contributed by atoms with Gasteiger partial charge in [-0.3, -0.25) is 0 Å². The highest BCUT2D eigenvalue weighted by Crippen LogP contribution is 2.39. The van der Waals surface area contributed by atoms with Gasteiger partial charge in [-0.15, -0.1) is 0 Å². The van der Waals surface area contributed by atoms with Gasteiger partial charge in [-0.25, -0.2) is 9.67 Å². The Morgan fingerprint density at radius 2 is 1.22 bits per heavy atom. The van der Waals surface area contributed by atoms with Crippen molar-refractivity contribution < 1.29 is 0 Å². The van der Waals surface area contributed by atoms with Crippen molar-refractivity contribution >= 4 is 23.4 Å². The van der Waals surface area contributed by atoms with Gasteiger partial charge in [0, 0.05) is 17.5 Å². The van der Waals surface area contributed by atoms with Crippen LogP contribution in [0, 0.1) is 0 Å². The van der Waals surface area contributed by atoms with Crippen molar-refractivity contribution in [2.75, 3.05) is 5.32 Å². The normalized spacial score (nSPS) is 11.0. The molecule has 1 aromatic heterocycles. The molecule has 0 fully saturated rings. The predicted molar refractivity (Wildman–Crippen MR) is 132 cm³/mol. The van der Waals surface area contributed by atoms with E-state index in [0.29, 0.717) is 0 Å². The summed E-state index contributed by atoms with van der Waals surface area (Å²) in [5.41, 5.74) is 5.58. The Morgan fingerprint density at radius 3 is 1.88 bits per heavy atom. The molecule has 0 saturated carbocycles. The first-order chi connectivity index (χ1) is 15.9. The first-order valence-electron chi connectivity index (χ1n) is 10.5. The molecule has 4 aromatic carbocycles. The minimum Gasteiger partial charge on any atom is -0.338 e. The highest BCUT2D eigenvalue weighted by molar-refractivity contribution is 5.90. The summed E-state index contributed by atoms with van der Waals surface area (Å²) >= 11 is 0. The van der Waals surface area contributed by atoms with Crippen molar-refractivity contribution in [3.05, 3.63) is 127 Å². The van der Waals surface area contributed by atoms with Crippen LogP contribution in [-0.2, 0) is 0 Å². The third-order valence-electron chi connectivity index (χ3n) is 5.09. The molecule has 0 unspecified atom stereocenters. The quantitative estimate of drug-likeness (QED) is 0.303. The van der Waals surface area contributed by atoms with Crippen LogP contribution in [0.1, 0.15) is 5.56 Å². The number of aromatic nitrogens is 2. The third-order valence-corrected chi connectivity index (χ3v) is 5.09. The van der Waals surface area contributed by atoms with Crippen molar-refractivity contribution in [1.29, 1.82) is 0 Å². The number of nitrogens with one attached hydrogen (secondary N) is 1. The first-order valence-corrected chi connectivity index (χ1v) is 10.5. The molecule has 0 amide bonds. The Hall–Kier alpha value is -4.44. The number of nitrogens with zero attached hydrogens (tertiary/aromatic N) is 3. The van der Waals surface area contributed by atoms with Crippen LogP contribution in [0.5, 0.6) is 0 Å². The molecule has 1 heterocycles. The molecule has 0 aliphatic rings. The van der Waals surface area contributed by atoms with Gasteiger partial charge in [-0.05, 0) is 29.8 Å². The van der Waals surface area contributed by atoms with Gasteiger partial charge in [0.05, 0.1) is 5.69 Å². The van der Waals surface area contributed by atoms with E-state index in [9.17, 15) is 0 Å². The van der Waals surface area contributed by atoms with Crippen LogP contribution in [0.25, 0.3) is 16.9 Å². The molecule has 154 valence electrons. The molecule has 0 spiro atoms. The standard InChI is InChI=1S/C28H22N4/c1-5-13-22(14-6-1)21-29-27-26(23-15-7-2-8-16-23)31-32(25-19-11-4-12-20-25)28(27)30-24-17-9-3-10-18-24/h1-21,30H. The zero-order chi connectivity index (χ0) is 21.6. The van der Waals surface area contributed by atoms with Crippen molar-refractivity contribution in [1.82, 2.24) is 9.78 Å². The summed E-state index contributed by atoms with van der Waals surface area (Å²) in [6, 6.07) is 40.5. The SMILES string of the molecule is C(=Nc1c(-c2ccccc2)nn(-c2ccccc2)c1Nc1ccccc1)c1ccccc1. The lowest BCUT2D eigenvalue weighted by Crippen LogP contribution is -2.02. The molecule has 0 saturated heterocycles. The molecular formula is C28H22N4. The monoisotopic (exact) mass is 414 g/mol. The second-order valence-electron chi connectivity index (χ2n) is 7.32. The van der Waals surface area contributed by atoms with Crippen LogP contribution in [0.4, 0.5) is 17.2 Å². The molecule has 0 radical (unpaired) electrons. The maximum absolute atomic E-state index is 5.00. The highest BCUT2D eigenvalue weighted by atomic mass is 15.3. The summed E-state index contributed by atoms with van der Waals surface area (Å²) in [5, 5.41) is 8.55. The molecule has 5 rings (SSSR count). The molecule has 4 nitrogen and oxygen atoms in total. The van der Waals surface area contributed by atoms with Gasteiger partial charge in [0.2, 0.25) is 0 Å². The zero-order valence-corrected chi connectivity index (χ0v) is 17.5. The van der Waals surface area contributed by atoms with E-state index in [1.807, 2.05) is 120 Å². The largest absolute Gasteiger partial charge is 0.338 e. The Bertz CT molecular complexity index is 1310. The average molecular weight is 415 g/mol. The van der Waals surface area contributed by atoms with Crippen LogP contribution in [0.3, 0.4) is 0 Å². The Labute approximate surface area is 187 Å². The number of aliphatic imine (C=N–C) groups is 1. The van der Waals surface area contributed by atoms with Gasteiger partial charge in [-0.2, -0.15) is 5.10 Å². The highest BCUT2D eigenvalue weighted by Gasteiger charge is 2.20. The molecular weight excluding hydrogens is 392 g/mol. The fourth-order valence-electron chi connectivity index (χ4n) is 3.53. The number of para-hydroxylation sites is 2. The van der Waals surface area contributed by atoms with Gasteiger partial charge in [0.25, 0.3) is 0 Å². The number of hydrogen-bond acceptors (Lipinski definition) is 3. The summed E-state index contributed by atoms with van der Waals surface area (Å²) in [6.45, 7) is 0. The molecule has 0 aliphatic heterocycles. The Balaban J connectivity index is 1.72. The van der Waals surface area contributed by atoms with Gasteiger partial charge in [-0.1, -0.05) is 97.1 Å². The predicted octanol–water partition coefficient (Wildman–Crippen LogP) is 7.03. The number of anilines is 2. The molecule has 5 aromatic rings. The van der Waals surface area contributed by atoms with Crippen LogP contribution in [0.15, 0.2) is 126 Å². The van der Waals surface area contributed by atoms with E-state index in [2.05, 4.69) is 17.4 Å². The van der Waals surface area contributed by atoms with Crippen molar-refractivity contribution in [3.8, 4) is 16.9 Å². The topological polar surface area (TPSA) is 42.2 Å². The minimum atomic E-state index is 0.785. The van der Waals surface area contributed by atoms with E-state index in [4.69, 9.17) is 10.1 Å². The van der Waals surface area contributed by atoms with E-state index >= 15 is 0 Å². The van der Waals surface area contributed by atoms with Gasteiger partial charge in [0.1, 0.15) is 11.4 Å². The van der Waals surface area contributed by atoms with E-state index in [-0.39, 0.29) is 0 Å². The number of hydrogen-bond donors (Lipinski definition) is 1. The average Bonchev–Trinajstić information content (AvgIpc) is 3.23. The lowest BCUT2D eigenvalue weighted by Gasteiger charge is -2.11. The second-order valence-corrected chi connectivity index (χ2v) is 7.32. The second kappa shape index (κ2) is 9.14. The molecule has 0 bridgehead atoms. The summed E-state index contributed by atoms with van der Waals surface area (Å²) < 4.78 is 1.92. The van der Waals surface area contributed by atoms with Crippen molar-refractivity contribution in [3.63, 3.8) is 0 Å². The first kappa shape index (κ1) is 19.5. The minimum absolute atomic E-state index is 0.785. The lowest BCUT2D eigenvalue weighted by atomic mass is 10.1. The van der Waals surface area contributed by atoms with E-state index in [1.54, 1.807) is 0 Å². The Morgan fingerprint density at radius 1 is 0.656 bits per heavy atom.